The number of fused-ring (bicyclic) bond motifs is 1. The number of nitrogens with zero attached hydrogens (tertiary/aromatic N) is 1. The van der Waals surface area contributed by atoms with Crippen LogP contribution in [0.1, 0.15) is 27.2 Å². The number of carbonyl (C=O) groups excluding carboxylic acids is 1. The summed E-state index contributed by atoms with van der Waals surface area (Å²) in [6, 6.07) is 13.7. The van der Waals surface area contributed by atoms with Gasteiger partial charge in [-0.3, -0.25) is 9.52 Å². The van der Waals surface area contributed by atoms with E-state index in [4.69, 9.17) is 13.9 Å². The number of rotatable bonds is 7. The third-order valence-corrected chi connectivity index (χ3v) is 6.54. The second kappa shape index (κ2) is 8.96. The number of anilines is 1. The van der Waals surface area contributed by atoms with Crippen molar-refractivity contribution in [1.82, 2.24) is 4.90 Å². The average Bonchev–Trinajstić information content (AvgIpc) is 3.32. The number of nitrogens with one attached hydrogen (secondary N) is 1. The zero-order valence-electron chi connectivity index (χ0n) is 17.8. The summed E-state index contributed by atoms with van der Waals surface area (Å²) in [6.45, 7) is 0.965. The third-order valence-electron chi connectivity index (χ3n) is 5.28. The fourth-order valence-corrected chi connectivity index (χ4v) is 4.90. The van der Waals surface area contributed by atoms with Gasteiger partial charge < -0.3 is 18.8 Å². The van der Waals surface area contributed by atoms with Gasteiger partial charge in [-0.05, 0) is 59.5 Å². The Labute approximate surface area is 186 Å². The minimum absolute atomic E-state index is 0.182. The van der Waals surface area contributed by atoms with Gasteiger partial charge in [-0.1, -0.05) is 6.07 Å². The van der Waals surface area contributed by atoms with Crippen LogP contribution in [0.4, 0.5) is 5.69 Å². The van der Waals surface area contributed by atoms with E-state index in [9.17, 15) is 13.2 Å². The summed E-state index contributed by atoms with van der Waals surface area (Å²) >= 11 is 0. The first-order valence-corrected chi connectivity index (χ1v) is 11.7. The van der Waals surface area contributed by atoms with Crippen LogP contribution in [0.15, 0.2) is 59.2 Å². The molecule has 32 heavy (non-hydrogen) atoms. The minimum atomic E-state index is -3.69. The molecule has 0 saturated heterocycles. The summed E-state index contributed by atoms with van der Waals surface area (Å²) < 4.78 is 43.9. The van der Waals surface area contributed by atoms with Gasteiger partial charge >= 0.3 is 0 Å². The Bertz CT molecular complexity index is 1200. The van der Waals surface area contributed by atoms with E-state index in [2.05, 4.69) is 4.72 Å². The van der Waals surface area contributed by atoms with Gasteiger partial charge in [0.2, 0.25) is 10.0 Å². The van der Waals surface area contributed by atoms with E-state index in [1.807, 2.05) is 6.07 Å². The quantitative estimate of drug-likeness (QED) is 0.585. The molecule has 8 nitrogen and oxygen atoms in total. The van der Waals surface area contributed by atoms with Crippen LogP contribution in [0.3, 0.4) is 0 Å². The number of amides is 1. The number of benzene rings is 2. The molecule has 9 heteroatoms. The molecule has 3 aromatic rings. The molecule has 0 atom stereocenters. The number of sulfonamides is 1. The molecular weight excluding hydrogens is 432 g/mol. The lowest BCUT2D eigenvalue weighted by Crippen LogP contribution is -2.35. The maximum atomic E-state index is 12.8. The fraction of sp³-hybridized carbons (Fsp3) is 0.261. The van der Waals surface area contributed by atoms with Crippen molar-refractivity contribution in [3.63, 3.8) is 0 Å². The maximum Gasteiger partial charge on any atom is 0.289 e. The molecule has 1 amide bonds. The largest absolute Gasteiger partial charge is 0.497 e. The Morgan fingerprint density at radius 2 is 1.81 bits per heavy atom. The second-order valence-corrected chi connectivity index (χ2v) is 9.24. The van der Waals surface area contributed by atoms with Crippen molar-refractivity contribution in [3.05, 3.63) is 77.2 Å². The number of furan rings is 1. The number of hydrogen-bond acceptors (Lipinski definition) is 6. The zero-order valence-corrected chi connectivity index (χ0v) is 18.6. The molecule has 1 N–H and O–H groups in total. The van der Waals surface area contributed by atoms with Crippen molar-refractivity contribution in [3.8, 4) is 11.5 Å². The van der Waals surface area contributed by atoms with Gasteiger partial charge in [0.1, 0.15) is 11.5 Å². The molecule has 168 valence electrons. The Hall–Kier alpha value is -3.46. The number of ether oxygens (including phenoxy) is 2. The molecule has 0 unspecified atom stereocenters. The standard InChI is InChI=1S/C23H24N2O6S/c1-29-20-10-16(11-21(13-20)30-2)15-32(27,28)24-19-6-5-17-7-8-25(14-18(17)12-19)23(26)22-4-3-9-31-22/h3-6,9-13,24H,7-8,14-15H2,1-2H3. The van der Waals surface area contributed by atoms with Gasteiger partial charge in [0.05, 0.1) is 26.2 Å². The van der Waals surface area contributed by atoms with Gasteiger partial charge in [0.25, 0.3) is 5.91 Å². The lowest BCUT2D eigenvalue weighted by Gasteiger charge is -2.28. The Morgan fingerprint density at radius 3 is 2.47 bits per heavy atom. The molecule has 0 fully saturated rings. The first kappa shape index (κ1) is 21.8. The van der Waals surface area contributed by atoms with Crippen LogP contribution in [0.2, 0.25) is 0 Å². The molecule has 1 aromatic heterocycles. The topological polar surface area (TPSA) is 98.1 Å². The molecule has 0 saturated carbocycles. The SMILES string of the molecule is COc1cc(CS(=O)(=O)Nc2ccc3c(c2)CN(C(=O)c2ccco2)CC3)cc(OC)c1. The Kier molecular flexibility index (Phi) is 6.09. The molecule has 2 aromatic carbocycles. The molecule has 0 spiro atoms. The number of carbonyl (C=O) groups is 1. The van der Waals surface area contributed by atoms with E-state index in [-0.39, 0.29) is 11.7 Å². The van der Waals surface area contributed by atoms with Crippen molar-refractivity contribution in [1.29, 1.82) is 0 Å². The fourth-order valence-electron chi connectivity index (χ4n) is 3.73. The highest BCUT2D eigenvalue weighted by Gasteiger charge is 2.24. The molecule has 2 heterocycles. The van der Waals surface area contributed by atoms with Crippen molar-refractivity contribution >= 4 is 21.6 Å². The summed E-state index contributed by atoms with van der Waals surface area (Å²) in [5.74, 6) is 0.910. The average molecular weight is 457 g/mol. The lowest BCUT2D eigenvalue weighted by molar-refractivity contribution is 0.0702. The zero-order chi connectivity index (χ0) is 22.7. The van der Waals surface area contributed by atoms with Crippen LogP contribution in [0, 0.1) is 0 Å². The Morgan fingerprint density at radius 1 is 1.06 bits per heavy atom. The van der Waals surface area contributed by atoms with Crippen LogP contribution < -0.4 is 14.2 Å². The van der Waals surface area contributed by atoms with E-state index in [1.54, 1.807) is 47.4 Å². The summed E-state index contributed by atoms with van der Waals surface area (Å²) in [5.41, 5.74) is 2.99. The van der Waals surface area contributed by atoms with E-state index < -0.39 is 10.0 Å². The smallest absolute Gasteiger partial charge is 0.289 e. The predicted molar refractivity (Wildman–Crippen MR) is 119 cm³/mol. The van der Waals surface area contributed by atoms with Gasteiger partial charge in [-0.2, -0.15) is 0 Å². The van der Waals surface area contributed by atoms with Crippen molar-refractivity contribution in [2.45, 2.75) is 18.7 Å². The monoisotopic (exact) mass is 456 g/mol. The summed E-state index contributed by atoms with van der Waals surface area (Å²) in [5, 5.41) is 0. The molecule has 1 aliphatic heterocycles. The molecule has 1 aliphatic rings. The van der Waals surface area contributed by atoms with E-state index in [0.717, 1.165) is 11.1 Å². The van der Waals surface area contributed by atoms with Crippen molar-refractivity contribution < 1.29 is 27.1 Å². The summed E-state index contributed by atoms with van der Waals surface area (Å²) in [6.07, 6.45) is 2.16. The highest BCUT2D eigenvalue weighted by molar-refractivity contribution is 7.91. The van der Waals surface area contributed by atoms with E-state index in [1.165, 1.54) is 20.5 Å². The predicted octanol–water partition coefficient (Wildman–Crippen LogP) is 3.44. The van der Waals surface area contributed by atoms with E-state index in [0.29, 0.717) is 48.0 Å². The summed E-state index contributed by atoms with van der Waals surface area (Å²) in [7, 11) is -0.662. The van der Waals surface area contributed by atoms with Gasteiger partial charge in [-0.25, -0.2) is 8.42 Å². The van der Waals surface area contributed by atoms with Crippen molar-refractivity contribution in [2.24, 2.45) is 0 Å². The highest BCUT2D eigenvalue weighted by Crippen LogP contribution is 2.27. The lowest BCUT2D eigenvalue weighted by atomic mass is 9.99. The molecule has 0 radical (unpaired) electrons. The van der Waals surface area contributed by atoms with Gasteiger partial charge in [0.15, 0.2) is 5.76 Å². The third kappa shape index (κ3) is 4.88. The van der Waals surface area contributed by atoms with Crippen LogP contribution in [-0.4, -0.2) is 40.0 Å². The van der Waals surface area contributed by atoms with E-state index >= 15 is 0 Å². The van der Waals surface area contributed by atoms with Crippen LogP contribution in [0.5, 0.6) is 11.5 Å². The molecule has 4 rings (SSSR count). The second-order valence-electron chi connectivity index (χ2n) is 7.52. The van der Waals surface area contributed by atoms with Crippen LogP contribution in [-0.2, 0) is 28.7 Å². The summed E-state index contributed by atoms with van der Waals surface area (Å²) in [4.78, 5) is 14.3. The molecular formula is C23H24N2O6S. The minimum Gasteiger partial charge on any atom is -0.497 e. The molecule has 0 aliphatic carbocycles. The molecule has 0 bridgehead atoms. The number of methoxy groups -OCH3 is 2. The Balaban J connectivity index is 1.49. The first-order chi connectivity index (χ1) is 15.4. The van der Waals surface area contributed by atoms with Crippen molar-refractivity contribution in [2.75, 3.05) is 25.5 Å². The van der Waals surface area contributed by atoms with Crippen LogP contribution in [0.25, 0.3) is 0 Å². The maximum absolute atomic E-state index is 12.8. The van der Waals surface area contributed by atoms with Gasteiger partial charge in [0, 0.05) is 24.8 Å². The van der Waals surface area contributed by atoms with Gasteiger partial charge in [-0.15, -0.1) is 0 Å². The normalized spacial score (nSPS) is 13.4. The highest BCUT2D eigenvalue weighted by atomic mass is 32.2. The van der Waals surface area contributed by atoms with Crippen LogP contribution >= 0.6 is 0 Å². The number of hydrogen-bond donors (Lipinski definition) is 1. The first-order valence-electron chi connectivity index (χ1n) is 10.0.